The molecule has 5 heterocycles. The van der Waals surface area contributed by atoms with Gasteiger partial charge in [0, 0.05) is 59.9 Å². The smallest absolute Gasteiger partial charge is 0.219 e. The fourth-order valence-electron chi connectivity index (χ4n) is 3.94. The molecule has 0 atom stereocenters. The van der Waals surface area contributed by atoms with Gasteiger partial charge in [-0.2, -0.15) is 16.4 Å². The van der Waals surface area contributed by atoms with Crippen molar-refractivity contribution in [2.75, 3.05) is 18.8 Å². The van der Waals surface area contributed by atoms with Crippen molar-refractivity contribution in [3.8, 4) is 22.5 Å². The maximum Gasteiger partial charge on any atom is 0.219 e. The van der Waals surface area contributed by atoms with Crippen molar-refractivity contribution in [1.82, 2.24) is 19.7 Å². The average molecular weight is 407 g/mol. The van der Waals surface area contributed by atoms with Crippen LogP contribution in [0.25, 0.3) is 33.4 Å². The lowest BCUT2D eigenvalue weighted by Gasteiger charge is -2.31. The molecule has 4 aromatic rings. The van der Waals surface area contributed by atoms with Gasteiger partial charge < -0.3 is 15.1 Å². The summed E-state index contributed by atoms with van der Waals surface area (Å²) in [6.45, 7) is 3.17. The second kappa shape index (κ2) is 7.04. The van der Waals surface area contributed by atoms with Gasteiger partial charge in [-0.1, -0.05) is 0 Å². The number of carbonyl (C=O) groups excluding carboxylic acids is 1. The quantitative estimate of drug-likeness (QED) is 0.550. The number of nitrogens with zero attached hydrogens (tertiary/aromatic N) is 4. The molecule has 5 rings (SSSR count). The lowest BCUT2D eigenvalue weighted by molar-refractivity contribution is -0.130. The third-order valence-corrected chi connectivity index (χ3v) is 6.27. The van der Waals surface area contributed by atoms with E-state index < -0.39 is 0 Å². The molecule has 148 valence electrons. The highest BCUT2D eigenvalue weighted by molar-refractivity contribution is 7.08. The number of hydrogen-bond donors (Lipinski definition) is 1. The number of likely N-dealkylation sites (tertiary alicyclic amines) is 1. The summed E-state index contributed by atoms with van der Waals surface area (Å²) in [5.41, 5.74) is 9.64. The van der Waals surface area contributed by atoms with Crippen LogP contribution >= 0.6 is 11.3 Å². The van der Waals surface area contributed by atoms with Crippen molar-refractivity contribution in [2.24, 2.45) is 0 Å². The summed E-state index contributed by atoms with van der Waals surface area (Å²) in [5, 5.41) is 9.60. The van der Waals surface area contributed by atoms with E-state index in [1.165, 1.54) is 0 Å². The molecule has 1 saturated heterocycles. The molecule has 1 aliphatic heterocycles. The van der Waals surface area contributed by atoms with Gasteiger partial charge in [-0.05, 0) is 30.4 Å². The first-order valence-corrected chi connectivity index (χ1v) is 10.5. The van der Waals surface area contributed by atoms with Gasteiger partial charge in [0.05, 0.1) is 12.2 Å². The molecular formula is C21H21N5O2S. The van der Waals surface area contributed by atoms with Crippen molar-refractivity contribution >= 4 is 34.0 Å². The highest BCUT2D eigenvalue weighted by Gasteiger charge is 2.23. The monoisotopic (exact) mass is 407 g/mol. The molecule has 0 aliphatic carbocycles. The Bertz CT molecular complexity index is 1170. The van der Waals surface area contributed by atoms with Gasteiger partial charge in [-0.25, -0.2) is 4.98 Å². The van der Waals surface area contributed by atoms with Gasteiger partial charge in [0.1, 0.15) is 5.76 Å². The van der Waals surface area contributed by atoms with E-state index in [0.717, 1.165) is 53.8 Å². The molecule has 0 radical (unpaired) electrons. The first-order valence-electron chi connectivity index (χ1n) is 9.61. The summed E-state index contributed by atoms with van der Waals surface area (Å²) >= 11 is 1.63. The molecule has 1 fully saturated rings. The number of carbonyl (C=O) groups is 1. The fraction of sp³-hybridized carbons (Fsp3) is 0.286. The van der Waals surface area contributed by atoms with E-state index in [1.54, 1.807) is 24.5 Å². The molecule has 0 bridgehead atoms. The number of thiophene rings is 1. The number of hydrogen-bond acceptors (Lipinski definition) is 6. The van der Waals surface area contributed by atoms with E-state index in [2.05, 4.69) is 16.3 Å². The van der Waals surface area contributed by atoms with Gasteiger partial charge in [0.15, 0.2) is 11.4 Å². The van der Waals surface area contributed by atoms with Crippen LogP contribution in [0, 0.1) is 0 Å². The Kier molecular flexibility index (Phi) is 4.35. The summed E-state index contributed by atoms with van der Waals surface area (Å²) < 4.78 is 8.03. The summed E-state index contributed by atoms with van der Waals surface area (Å²) in [5.74, 6) is 1.31. The number of pyridine rings is 1. The Labute approximate surface area is 171 Å². The molecular weight excluding hydrogens is 386 g/mol. The molecule has 4 aromatic heterocycles. The number of amides is 1. The topological polar surface area (TPSA) is 90.2 Å². The van der Waals surface area contributed by atoms with Crippen molar-refractivity contribution in [3.63, 3.8) is 0 Å². The Balaban J connectivity index is 1.47. The second-order valence-electron chi connectivity index (χ2n) is 7.37. The summed E-state index contributed by atoms with van der Waals surface area (Å²) in [7, 11) is 0. The molecule has 29 heavy (non-hydrogen) atoms. The number of rotatable bonds is 3. The van der Waals surface area contributed by atoms with E-state index in [4.69, 9.17) is 10.2 Å². The van der Waals surface area contributed by atoms with Crippen LogP contribution in [0.15, 0.2) is 45.9 Å². The zero-order chi connectivity index (χ0) is 20.0. The minimum atomic E-state index is 0.140. The van der Waals surface area contributed by atoms with Gasteiger partial charge in [0.2, 0.25) is 5.91 Å². The molecule has 8 heteroatoms. The zero-order valence-corrected chi connectivity index (χ0v) is 16.9. The van der Waals surface area contributed by atoms with Crippen molar-refractivity contribution in [3.05, 3.63) is 41.5 Å². The van der Waals surface area contributed by atoms with E-state index in [0.29, 0.717) is 17.4 Å². The van der Waals surface area contributed by atoms with Crippen LogP contribution in [0.1, 0.15) is 25.8 Å². The van der Waals surface area contributed by atoms with E-state index in [1.807, 2.05) is 38.7 Å². The minimum absolute atomic E-state index is 0.140. The molecule has 0 saturated carbocycles. The van der Waals surface area contributed by atoms with Crippen molar-refractivity contribution in [2.45, 2.75) is 25.8 Å². The number of anilines is 1. The lowest BCUT2D eigenvalue weighted by atomic mass is 10.0. The van der Waals surface area contributed by atoms with Gasteiger partial charge in [0.25, 0.3) is 0 Å². The van der Waals surface area contributed by atoms with Crippen LogP contribution in [0.4, 0.5) is 5.82 Å². The number of furan rings is 1. The first kappa shape index (κ1) is 17.9. The summed E-state index contributed by atoms with van der Waals surface area (Å²) in [6, 6.07) is 4.34. The number of fused-ring (bicyclic) bond motifs is 1. The number of aromatic nitrogens is 3. The van der Waals surface area contributed by atoms with Crippen LogP contribution in [-0.2, 0) is 4.79 Å². The Morgan fingerprint density at radius 3 is 2.83 bits per heavy atom. The summed E-state index contributed by atoms with van der Waals surface area (Å²) in [4.78, 5) is 17.8. The SMILES string of the molecule is CC(=O)N1CCC(n2cc(-c3cnc(N)c4oc(-c5ccsc5)cc34)cn2)CC1. The average Bonchev–Trinajstić information content (AvgIpc) is 3.48. The Morgan fingerprint density at radius 2 is 2.10 bits per heavy atom. The van der Waals surface area contributed by atoms with E-state index in [-0.39, 0.29) is 5.91 Å². The van der Waals surface area contributed by atoms with Crippen LogP contribution in [0.3, 0.4) is 0 Å². The Morgan fingerprint density at radius 1 is 1.28 bits per heavy atom. The van der Waals surface area contributed by atoms with Crippen LogP contribution in [-0.4, -0.2) is 38.7 Å². The molecule has 1 aliphatic rings. The Hall–Kier alpha value is -3.13. The molecule has 0 unspecified atom stereocenters. The first-order chi connectivity index (χ1) is 14.1. The van der Waals surface area contributed by atoms with Crippen LogP contribution in [0.5, 0.6) is 0 Å². The van der Waals surface area contributed by atoms with Gasteiger partial charge >= 0.3 is 0 Å². The third kappa shape index (κ3) is 3.19. The lowest BCUT2D eigenvalue weighted by Crippen LogP contribution is -2.37. The highest BCUT2D eigenvalue weighted by Crippen LogP contribution is 2.37. The minimum Gasteiger partial charge on any atom is -0.452 e. The molecule has 7 nitrogen and oxygen atoms in total. The highest BCUT2D eigenvalue weighted by atomic mass is 32.1. The second-order valence-corrected chi connectivity index (χ2v) is 8.15. The number of nitrogens with two attached hydrogens (primary N) is 1. The molecule has 0 spiro atoms. The number of nitrogen functional groups attached to an aromatic ring is 1. The third-order valence-electron chi connectivity index (χ3n) is 5.59. The van der Waals surface area contributed by atoms with Crippen LogP contribution in [0.2, 0.25) is 0 Å². The largest absolute Gasteiger partial charge is 0.452 e. The number of piperidine rings is 1. The van der Waals surface area contributed by atoms with Crippen molar-refractivity contribution < 1.29 is 9.21 Å². The standard InChI is InChI=1S/C21H21N5O2S/c1-13(27)25-5-2-16(3-6-25)26-11-15(9-24-26)18-10-23-21(22)20-17(18)8-19(28-20)14-4-7-29-12-14/h4,7-12,16H,2-3,5-6H2,1H3,(H2,22,23). The van der Waals surface area contributed by atoms with Crippen molar-refractivity contribution in [1.29, 1.82) is 0 Å². The van der Waals surface area contributed by atoms with E-state index in [9.17, 15) is 4.79 Å². The zero-order valence-electron chi connectivity index (χ0n) is 16.0. The normalized spacial score (nSPS) is 15.3. The molecule has 0 aromatic carbocycles. The molecule has 2 N–H and O–H groups in total. The van der Waals surface area contributed by atoms with Gasteiger partial charge in [-0.15, -0.1) is 0 Å². The predicted molar refractivity (Wildman–Crippen MR) is 113 cm³/mol. The summed E-state index contributed by atoms with van der Waals surface area (Å²) in [6.07, 6.45) is 7.51. The maximum absolute atomic E-state index is 11.5. The van der Waals surface area contributed by atoms with E-state index >= 15 is 0 Å². The maximum atomic E-state index is 11.5. The van der Waals surface area contributed by atoms with Gasteiger partial charge in [-0.3, -0.25) is 9.48 Å². The van der Waals surface area contributed by atoms with Crippen LogP contribution < -0.4 is 5.73 Å². The molecule has 1 amide bonds. The predicted octanol–water partition coefficient (Wildman–Crippen LogP) is 4.19. The fourth-order valence-corrected chi connectivity index (χ4v) is 4.59.